The van der Waals surface area contributed by atoms with Gasteiger partial charge in [0.15, 0.2) is 0 Å². The van der Waals surface area contributed by atoms with Crippen LogP contribution in [0.5, 0.6) is 0 Å². The molecule has 1 aliphatic rings. The van der Waals surface area contributed by atoms with Crippen LogP contribution in [0.25, 0.3) is 0 Å². The van der Waals surface area contributed by atoms with Crippen LogP contribution in [0, 0.1) is 0 Å². The summed E-state index contributed by atoms with van der Waals surface area (Å²) < 4.78 is 29.0. The Morgan fingerprint density at radius 1 is 1.26 bits per heavy atom. The van der Waals surface area contributed by atoms with E-state index < -0.39 is 10.0 Å². The highest BCUT2D eigenvalue weighted by atomic mass is 35.5. The van der Waals surface area contributed by atoms with E-state index in [1.807, 2.05) is 13.2 Å². The van der Waals surface area contributed by atoms with Crippen LogP contribution in [0.1, 0.15) is 35.2 Å². The minimum atomic E-state index is -3.71. The maximum Gasteiger partial charge on any atom is 0.253 e. The zero-order valence-corrected chi connectivity index (χ0v) is 17.0. The number of aromatic nitrogens is 2. The molecule has 0 atom stereocenters. The summed E-state index contributed by atoms with van der Waals surface area (Å²) in [5.41, 5.74) is 1.19. The Morgan fingerprint density at radius 2 is 1.96 bits per heavy atom. The van der Waals surface area contributed by atoms with Gasteiger partial charge in [-0.2, -0.15) is 9.40 Å². The van der Waals surface area contributed by atoms with E-state index >= 15 is 0 Å². The molecule has 0 unspecified atom stereocenters. The fourth-order valence-corrected chi connectivity index (χ4v) is 5.22. The van der Waals surface area contributed by atoms with Crippen LogP contribution in [0.4, 0.5) is 0 Å². The van der Waals surface area contributed by atoms with Gasteiger partial charge >= 0.3 is 0 Å². The molecule has 0 bridgehead atoms. The molecule has 0 aliphatic carbocycles. The molecule has 0 saturated carbocycles. The first-order valence-electron chi connectivity index (χ1n) is 8.82. The van der Waals surface area contributed by atoms with Crippen LogP contribution >= 0.6 is 11.6 Å². The first-order chi connectivity index (χ1) is 12.8. The Hall–Kier alpha value is -1.90. The quantitative estimate of drug-likeness (QED) is 0.759. The number of carbonyl (C=O) groups is 1. The molecule has 1 fully saturated rings. The van der Waals surface area contributed by atoms with Crippen LogP contribution in [-0.4, -0.2) is 53.4 Å². The van der Waals surface area contributed by atoms with Crippen molar-refractivity contribution >= 4 is 27.5 Å². The van der Waals surface area contributed by atoms with Gasteiger partial charge in [-0.3, -0.25) is 9.48 Å². The fourth-order valence-electron chi connectivity index (χ4n) is 3.20. The van der Waals surface area contributed by atoms with Gasteiger partial charge < -0.3 is 4.90 Å². The molecule has 1 aliphatic heterocycles. The summed E-state index contributed by atoms with van der Waals surface area (Å²) >= 11 is 6.17. The van der Waals surface area contributed by atoms with Crippen molar-refractivity contribution in [2.75, 3.05) is 20.1 Å². The number of amides is 1. The number of halogens is 1. The summed E-state index contributed by atoms with van der Waals surface area (Å²) in [4.78, 5) is 14.3. The van der Waals surface area contributed by atoms with Crippen molar-refractivity contribution < 1.29 is 13.2 Å². The molecule has 146 valence electrons. The van der Waals surface area contributed by atoms with Crippen LogP contribution < -0.4 is 0 Å². The van der Waals surface area contributed by atoms with Crippen molar-refractivity contribution in [1.82, 2.24) is 19.0 Å². The SMILES string of the molecule is CN(Cc1cnn(C)c1)C(=O)c1ccc(Cl)c(S(=O)(=O)N2CCCCC2)c1. The van der Waals surface area contributed by atoms with E-state index in [-0.39, 0.29) is 15.8 Å². The minimum absolute atomic E-state index is 0.00769. The number of sulfonamides is 1. The second-order valence-electron chi connectivity index (χ2n) is 6.79. The summed E-state index contributed by atoms with van der Waals surface area (Å²) in [5, 5.41) is 4.22. The molecular formula is C18H23ClN4O3S. The second kappa shape index (κ2) is 8.00. The van der Waals surface area contributed by atoms with Gasteiger partial charge in [0, 0.05) is 51.1 Å². The van der Waals surface area contributed by atoms with Gasteiger partial charge in [0.25, 0.3) is 5.91 Å². The summed E-state index contributed by atoms with van der Waals surface area (Å²) in [5.74, 6) is -0.273. The summed E-state index contributed by atoms with van der Waals surface area (Å²) in [6.07, 6.45) is 6.22. The van der Waals surface area contributed by atoms with Crippen LogP contribution in [-0.2, 0) is 23.6 Å². The van der Waals surface area contributed by atoms with Crippen molar-refractivity contribution in [2.24, 2.45) is 7.05 Å². The van der Waals surface area contributed by atoms with Gasteiger partial charge in [-0.15, -0.1) is 0 Å². The second-order valence-corrected chi connectivity index (χ2v) is 9.11. The Balaban J connectivity index is 1.84. The maximum atomic E-state index is 13.0. The normalized spacial score (nSPS) is 15.7. The Morgan fingerprint density at radius 3 is 2.59 bits per heavy atom. The van der Waals surface area contributed by atoms with E-state index in [9.17, 15) is 13.2 Å². The fraction of sp³-hybridized carbons (Fsp3) is 0.444. The highest BCUT2D eigenvalue weighted by molar-refractivity contribution is 7.89. The molecular weight excluding hydrogens is 388 g/mol. The highest BCUT2D eigenvalue weighted by Gasteiger charge is 2.29. The van der Waals surface area contributed by atoms with Crippen molar-refractivity contribution in [3.8, 4) is 0 Å². The third-order valence-electron chi connectivity index (χ3n) is 4.64. The third-order valence-corrected chi connectivity index (χ3v) is 7.02. The zero-order valence-electron chi connectivity index (χ0n) is 15.4. The van der Waals surface area contributed by atoms with Crippen LogP contribution in [0.2, 0.25) is 5.02 Å². The lowest BCUT2D eigenvalue weighted by Crippen LogP contribution is -2.36. The smallest absolute Gasteiger partial charge is 0.253 e. The molecule has 7 nitrogen and oxygen atoms in total. The minimum Gasteiger partial charge on any atom is -0.337 e. The summed E-state index contributed by atoms with van der Waals surface area (Å²) in [7, 11) is -0.235. The standard InChI is InChI=1S/C18H23ClN4O3S/c1-21(12-14-11-20-22(2)13-14)18(24)15-6-7-16(19)17(10-15)27(25,26)23-8-4-3-5-9-23/h6-7,10-11,13H,3-5,8-9,12H2,1-2H3. The molecule has 2 heterocycles. The largest absolute Gasteiger partial charge is 0.337 e. The molecule has 1 amide bonds. The van der Waals surface area contributed by atoms with Crippen molar-refractivity contribution in [1.29, 1.82) is 0 Å². The summed E-state index contributed by atoms with van der Waals surface area (Å²) in [6.45, 7) is 1.35. The molecule has 0 spiro atoms. The molecule has 0 radical (unpaired) electrons. The van der Waals surface area contributed by atoms with E-state index in [1.54, 1.807) is 24.0 Å². The highest BCUT2D eigenvalue weighted by Crippen LogP contribution is 2.28. The molecule has 0 N–H and O–H groups in total. The number of aryl methyl sites for hydroxylation is 1. The Bertz CT molecular complexity index is 936. The van der Waals surface area contributed by atoms with Gasteiger partial charge in [-0.1, -0.05) is 18.0 Å². The number of benzene rings is 1. The lowest BCUT2D eigenvalue weighted by atomic mass is 10.2. The number of carbonyl (C=O) groups excluding carboxylic acids is 1. The zero-order chi connectivity index (χ0) is 19.6. The van der Waals surface area contributed by atoms with Gasteiger partial charge in [-0.25, -0.2) is 8.42 Å². The molecule has 1 saturated heterocycles. The molecule has 9 heteroatoms. The van der Waals surface area contributed by atoms with Gasteiger partial charge in [-0.05, 0) is 31.0 Å². The lowest BCUT2D eigenvalue weighted by molar-refractivity contribution is 0.0785. The Labute approximate surface area is 164 Å². The van der Waals surface area contributed by atoms with E-state index in [0.29, 0.717) is 25.2 Å². The van der Waals surface area contributed by atoms with E-state index in [0.717, 1.165) is 24.8 Å². The summed E-state index contributed by atoms with van der Waals surface area (Å²) in [6, 6.07) is 4.41. The third kappa shape index (κ3) is 4.34. The first kappa shape index (κ1) is 19.9. The van der Waals surface area contributed by atoms with Crippen LogP contribution in [0.15, 0.2) is 35.5 Å². The van der Waals surface area contributed by atoms with Crippen molar-refractivity contribution in [3.05, 3.63) is 46.7 Å². The van der Waals surface area contributed by atoms with E-state index in [2.05, 4.69) is 5.10 Å². The topological polar surface area (TPSA) is 75.5 Å². The molecule has 1 aromatic heterocycles. The number of nitrogens with zero attached hydrogens (tertiary/aromatic N) is 4. The Kier molecular flexibility index (Phi) is 5.88. The van der Waals surface area contributed by atoms with Crippen molar-refractivity contribution in [2.45, 2.75) is 30.7 Å². The number of hydrogen-bond acceptors (Lipinski definition) is 4. The van der Waals surface area contributed by atoms with Crippen LogP contribution in [0.3, 0.4) is 0 Å². The lowest BCUT2D eigenvalue weighted by Gasteiger charge is -2.26. The first-order valence-corrected chi connectivity index (χ1v) is 10.6. The van der Waals surface area contributed by atoms with Gasteiger partial charge in [0.05, 0.1) is 11.2 Å². The van der Waals surface area contributed by atoms with Gasteiger partial charge in [0.2, 0.25) is 10.0 Å². The number of rotatable bonds is 5. The number of hydrogen-bond donors (Lipinski definition) is 0. The van der Waals surface area contributed by atoms with E-state index in [1.165, 1.54) is 21.3 Å². The molecule has 27 heavy (non-hydrogen) atoms. The monoisotopic (exact) mass is 410 g/mol. The molecule has 3 rings (SSSR count). The average Bonchev–Trinajstić information content (AvgIpc) is 3.06. The predicted octanol–water partition coefficient (Wildman–Crippen LogP) is 2.52. The average molecular weight is 411 g/mol. The van der Waals surface area contributed by atoms with E-state index in [4.69, 9.17) is 11.6 Å². The predicted molar refractivity (Wildman–Crippen MR) is 103 cm³/mol. The van der Waals surface area contributed by atoms with Gasteiger partial charge in [0.1, 0.15) is 4.90 Å². The maximum absolute atomic E-state index is 13.0. The molecule has 2 aromatic rings. The molecule has 1 aromatic carbocycles. The number of piperidine rings is 1. The van der Waals surface area contributed by atoms with Crippen molar-refractivity contribution in [3.63, 3.8) is 0 Å².